The second kappa shape index (κ2) is 8.71. The lowest BCUT2D eigenvalue weighted by molar-refractivity contribution is 0.181. The summed E-state index contributed by atoms with van der Waals surface area (Å²) in [6, 6.07) is 14.7. The molecular formula is C20H27NO3. The van der Waals surface area contributed by atoms with Crippen molar-refractivity contribution in [2.24, 2.45) is 0 Å². The van der Waals surface area contributed by atoms with Gasteiger partial charge in [0, 0.05) is 30.8 Å². The number of hydrogen-bond donors (Lipinski definition) is 0. The van der Waals surface area contributed by atoms with Crippen molar-refractivity contribution in [3.8, 4) is 11.5 Å². The van der Waals surface area contributed by atoms with Crippen molar-refractivity contribution < 1.29 is 14.2 Å². The van der Waals surface area contributed by atoms with Crippen LogP contribution in [0.4, 0.5) is 0 Å². The number of hydrogen-bond acceptors (Lipinski definition) is 4. The van der Waals surface area contributed by atoms with Gasteiger partial charge in [-0.2, -0.15) is 0 Å². The average Bonchev–Trinajstić information content (AvgIpc) is 2.61. The summed E-state index contributed by atoms with van der Waals surface area (Å²) in [5.41, 5.74) is 3.48. The summed E-state index contributed by atoms with van der Waals surface area (Å²) in [5, 5.41) is 0. The summed E-state index contributed by atoms with van der Waals surface area (Å²) in [6.07, 6.45) is 0. The Morgan fingerprint density at radius 2 is 1.67 bits per heavy atom. The molecule has 0 aliphatic carbocycles. The number of rotatable bonds is 8. The van der Waals surface area contributed by atoms with Gasteiger partial charge in [-0.1, -0.05) is 24.3 Å². The molecule has 0 bridgehead atoms. The molecule has 0 amide bonds. The van der Waals surface area contributed by atoms with Crippen molar-refractivity contribution in [1.29, 1.82) is 0 Å². The minimum atomic E-state index is 0.245. The topological polar surface area (TPSA) is 30.9 Å². The molecule has 0 saturated heterocycles. The molecule has 4 nitrogen and oxygen atoms in total. The third-order valence-corrected chi connectivity index (χ3v) is 4.33. The second-order valence-corrected chi connectivity index (χ2v) is 5.91. The zero-order valence-corrected chi connectivity index (χ0v) is 15.2. The largest absolute Gasteiger partial charge is 0.496 e. The van der Waals surface area contributed by atoms with Crippen molar-refractivity contribution in [2.75, 3.05) is 28.4 Å². The zero-order chi connectivity index (χ0) is 17.5. The van der Waals surface area contributed by atoms with E-state index in [4.69, 9.17) is 14.2 Å². The molecule has 0 aromatic heterocycles. The molecule has 0 saturated carbocycles. The van der Waals surface area contributed by atoms with Crippen LogP contribution in [0.2, 0.25) is 0 Å². The number of para-hydroxylation sites is 1. The second-order valence-electron chi connectivity index (χ2n) is 5.91. The van der Waals surface area contributed by atoms with E-state index in [1.54, 1.807) is 21.3 Å². The van der Waals surface area contributed by atoms with Gasteiger partial charge < -0.3 is 14.2 Å². The van der Waals surface area contributed by atoms with Gasteiger partial charge in [-0.25, -0.2) is 0 Å². The predicted octanol–water partition coefficient (Wildman–Crippen LogP) is 4.04. The van der Waals surface area contributed by atoms with Crippen LogP contribution in [0.1, 0.15) is 29.7 Å². The van der Waals surface area contributed by atoms with Gasteiger partial charge in [0.15, 0.2) is 0 Å². The highest BCUT2D eigenvalue weighted by Gasteiger charge is 2.16. The third-order valence-electron chi connectivity index (χ3n) is 4.33. The van der Waals surface area contributed by atoms with Crippen LogP contribution in [0.15, 0.2) is 42.5 Å². The highest BCUT2D eigenvalue weighted by molar-refractivity contribution is 5.38. The fraction of sp³-hybridized carbons (Fsp3) is 0.400. The van der Waals surface area contributed by atoms with Crippen molar-refractivity contribution in [3.63, 3.8) is 0 Å². The third kappa shape index (κ3) is 4.28. The lowest BCUT2D eigenvalue weighted by Crippen LogP contribution is -2.22. The molecule has 0 radical (unpaired) electrons. The molecule has 2 rings (SSSR count). The van der Waals surface area contributed by atoms with Crippen LogP contribution in [0.5, 0.6) is 11.5 Å². The first-order valence-electron chi connectivity index (χ1n) is 8.08. The van der Waals surface area contributed by atoms with E-state index in [1.807, 2.05) is 24.3 Å². The van der Waals surface area contributed by atoms with E-state index in [9.17, 15) is 0 Å². The first-order chi connectivity index (χ1) is 11.6. The van der Waals surface area contributed by atoms with Crippen molar-refractivity contribution >= 4 is 0 Å². The zero-order valence-electron chi connectivity index (χ0n) is 15.2. The summed E-state index contributed by atoms with van der Waals surface area (Å²) < 4.78 is 16.2. The molecule has 4 heteroatoms. The first kappa shape index (κ1) is 18.3. The molecule has 24 heavy (non-hydrogen) atoms. The van der Waals surface area contributed by atoms with Gasteiger partial charge in [0.1, 0.15) is 11.5 Å². The number of benzene rings is 2. The van der Waals surface area contributed by atoms with Gasteiger partial charge in [0.2, 0.25) is 0 Å². The molecule has 0 heterocycles. The van der Waals surface area contributed by atoms with E-state index in [2.05, 4.69) is 37.1 Å². The Kier molecular flexibility index (Phi) is 6.64. The summed E-state index contributed by atoms with van der Waals surface area (Å²) in [7, 11) is 7.22. The molecule has 2 aromatic rings. The lowest BCUT2D eigenvalue weighted by atomic mass is 10.0. The molecule has 0 aliphatic rings. The van der Waals surface area contributed by atoms with E-state index < -0.39 is 0 Å². The maximum absolute atomic E-state index is 5.49. The smallest absolute Gasteiger partial charge is 0.124 e. The monoisotopic (exact) mass is 329 g/mol. The standard InChI is InChI=1S/C20H27NO3/c1-15(18-8-6-7-9-20(18)24-5)21(2)13-16-10-11-19(23-4)17(12-16)14-22-3/h6-12,15H,13-14H2,1-5H3. The van der Waals surface area contributed by atoms with Crippen molar-refractivity contribution in [2.45, 2.75) is 26.1 Å². The van der Waals surface area contributed by atoms with E-state index in [-0.39, 0.29) is 6.04 Å². The highest BCUT2D eigenvalue weighted by atomic mass is 16.5. The van der Waals surface area contributed by atoms with Crippen LogP contribution >= 0.6 is 0 Å². The summed E-state index contributed by atoms with van der Waals surface area (Å²) in [4.78, 5) is 2.30. The molecule has 0 fully saturated rings. The summed E-state index contributed by atoms with van der Waals surface area (Å²) >= 11 is 0. The Morgan fingerprint density at radius 3 is 2.33 bits per heavy atom. The minimum absolute atomic E-state index is 0.245. The minimum Gasteiger partial charge on any atom is -0.496 e. The Hall–Kier alpha value is -2.04. The van der Waals surface area contributed by atoms with Gasteiger partial charge in [0.05, 0.1) is 20.8 Å². The average molecular weight is 329 g/mol. The normalized spacial score (nSPS) is 12.2. The maximum Gasteiger partial charge on any atom is 0.124 e. The Labute approximate surface area is 145 Å². The summed E-state index contributed by atoms with van der Waals surface area (Å²) in [5.74, 6) is 1.78. The SMILES string of the molecule is COCc1cc(CN(C)C(C)c2ccccc2OC)ccc1OC. The molecule has 0 aliphatic heterocycles. The van der Waals surface area contributed by atoms with E-state index in [0.717, 1.165) is 23.6 Å². The predicted molar refractivity (Wildman–Crippen MR) is 96.6 cm³/mol. The Morgan fingerprint density at radius 1 is 0.958 bits per heavy atom. The molecule has 0 spiro atoms. The van der Waals surface area contributed by atoms with Gasteiger partial charge in [0.25, 0.3) is 0 Å². The van der Waals surface area contributed by atoms with Crippen LogP contribution < -0.4 is 9.47 Å². The number of ether oxygens (including phenoxy) is 3. The van der Waals surface area contributed by atoms with Crippen LogP contribution in [0, 0.1) is 0 Å². The van der Waals surface area contributed by atoms with Gasteiger partial charge in [-0.3, -0.25) is 4.90 Å². The molecule has 2 aromatic carbocycles. The van der Waals surface area contributed by atoms with Gasteiger partial charge in [-0.15, -0.1) is 0 Å². The quantitative estimate of drug-likeness (QED) is 0.731. The first-order valence-corrected chi connectivity index (χ1v) is 8.08. The van der Waals surface area contributed by atoms with Gasteiger partial charge >= 0.3 is 0 Å². The van der Waals surface area contributed by atoms with Crippen molar-refractivity contribution in [3.05, 3.63) is 59.2 Å². The molecule has 1 atom stereocenters. The van der Waals surface area contributed by atoms with E-state index in [1.165, 1.54) is 11.1 Å². The van der Waals surface area contributed by atoms with E-state index >= 15 is 0 Å². The Bertz CT molecular complexity index is 657. The number of methoxy groups -OCH3 is 3. The van der Waals surface area contributed by atoms with Gasteiger partial charge in [-0.05, 0) is 37.7 Å². The summed E-state index contributed by atoms with van der Waals surface area (Å²) in [6.45, 7) is 3.57. The van der Waals surface area contributed by atoms with Crippen molar-refractivity contribution in [1.82, 2.24) is 4.90 Å². The fourth-order valence-electron chi connectivity index (χ4n) is 2.87. The lowest BCUT2D eigenvalue weighted by Gasteiger charge is -2.26. The maximum atomic E-state index is 5.49. The van der Waals surface area contributed by atoms with Crippen LogP contribution in [0.25, 0.3) is 0 Å². The molecule has 0 N–H and O–H groups in total. The van der Waals surface area contributed by atoms with Crippen LogP contribution in [0.3, 0.4) is 0 Å². The number of nitrogens with zero attached hydrogens (tertiary/aromatic N) is 1. The Balaban J connectivity index is 2.16. The molecule has 1 unspecified atom stereocenters. The fourth-order valence-corrected chi connectivity index (χ4v) is 2.87. The highest BCUT2D eigenvalue weighted by Crippen LogP contribution is 2.29. The van der Waals surface area contributed by atoms with E-state index in [0.29, 0.717) is 6.61 Å². The molecular weight excluding hydrogens is 302 g/mol. The van der Waals surface area contributed by atoms with Crippen LogP contribution in [-0.2, 0) is 17.9 Å². The van der Waals surface area contributed by atoms with Crippen LogP contribution in [-0.4, -0.2) is 33.3 Å². The molecule has 130 valence electrons.